The highest BCUT2D eigenvalue weighted by molar-refractivity contribution is 6.12. The molecule has 2 unspecified atom stereocenters. The first-order valence-corrected chi connectivity index (χ1v) is 12.3. The van der Waals surface area contributed by atoms with E-state index in [4.69, 9.17) is 4.42 Å². The predicted octanol–water partition coefficient (Wildman–Crippen LogP) is 8.60. The lowest BCUT2D eigenvalue weighted by atomic mass is 9.61. The molecule has 8 rings (SSSR count). The second kappa shape index (κ2) is 7.07. The summed E-state index contributed by atoms with van der Waals surface area (Å²) in [6, 6.07) is 25.6. The van der Waals surface area contributed by atoms with Gasteiger partial charge in [0.2, 0.25) is 0 Å². The van der Waals surface area contributed by atoms with Gasteiger partial charge in [0.15, 0.2) is 0 Å². The highest BCUT2D eigenvalue weighted by Crippen LogP contribution is 2.54. The lowest BCUT2D eigenvalue weighted by molar-refractivity contribution is 0.569. The van der Waals surface area contributed by atoms with Crippen molar-refractivity contribution in [1.82, 2.24) is 0 Å². The van der Waals surface area contributed by atoms with E-state index in [9.17, 15) is 0 Å². The third kappa shape index (κ3) is 2.64. The summed E-state index contributed by atoms with van der Waals surface area (Å²) >= 11 is 0. The van der Waals surface area contributed by atoms with Crippen LogP contribution in [0.5, 0.6) is 0 Å². The van der Waals surface area contributed by atoms with Crippen LogP contribution in [0.2, 0.25) is 0 Å². The van der Waals surface area contributed by atoms with E-state index >= 15 is 0 Å². The Hall–Kier alpha value is -4.36. The number of fused-ring (bicyclic) bond motifs is 3. The zero-order chi connectivity index (χ0) is 22.9. The van der Waals surface area contributed by atoms with Crippen LogP contribution in [0.3, 0.4) is 0 Å². The number of rotatable bonds is 2. The number of hydrogen-bond donors (Lipinski definition) is 0. The molecule has 164 valence electrons. The Labute approximate surface area is 204 Å². The fourth-order valence-electron chi connectivity index (χ4n) is 6.40. The number of hydrogen-bond acceptors (Lipinski definition) is 1. The van der Waals surface area contributed by atoms with Crippen LogP contribution >= 0.6 is 0 Å². The predicted molar refractivity (Wildman–Crippen MR) is 145 cm³/mol. The van der Waals surface area contributed by atoms with Crippen LogP contribution in [0.1, 0.15) is 11.1 Å². The topological polar surface area (TPSA) is 13.1 Å². The molecule has 0 saturated carbocycles. The van der Waals surface area contributed by atoms with Gasteiger partial charge in [-0.1, -0.05) is 109 Å². The molecular formula is C34H22O. The summed E-state index contributed by atoms with van der Waals surface area (Å²) in [7, 11) is 0. The molecule has 0 aliphatic heterocycles. The van der Waals surface area contributed by atoms with E-state index in [0.29, 0.717) is 11.8 Å². The number of para-hydroxylation sites is 1. The summed E-state index contributed by atoms with van der Waals surface area (Å²) in [6.07, 6.45) is 18.6. The maximum Gasteiger partial charge on any atom is 0.136 e. The average Bonchev–Trinajstić information content (AvgIpc) is 3.31. The smallest absolute Gasteiger partial charge is 0.136 e. The summed E-state index contributed by atoms with van der Waals surface area (Å²) in [4.78, 5) is 0. The maximum atomic E-state index is 6.22. The Bertz CT molecular complexity index is 1780. The van der Waals surface area contributed by atoms with Gasteiger partial charge in [-0.15, -0.1) is 0 Å². The van der Waals surface area contributed by atoms with Crippen LogP contribution in [0.25, 0.3) is 33.1 Å². The maximum absolute atomic E-state index is 6.22. The first-order valence-electron chi connectivity index (χ1n) is 12.3. The molecule has 0 saturated heterocycles. The molecule has 2 atom stereocenters. The van der Waals surface area contributed by atoms with Crippen molar-refractivity contribution in [3.05, 3.63) is 155 Å². The van der Waals surface area contributed by atoms with Gasteiger partial charge in [-0.25, -0.2) is 0 Å². The van der Waals surface area contributed by atoms with Crippen molar-refractivity contribution in [3.63, 3.8) is 0 Å². The van der Waals surface area contributed by atoms with E-state index in [1.165, 1.54) is 55.3 Å². The van der Waals surface area contributed by atoms with E-state index in [2.05, 4.69) is 115 Å². The molecule has 3 aromatic carbocycles. The number of allylic oxidation sites excluding steroid dienone is 14. The zero-order valence-electron chi connectivity index (χ0n) is 19.1. The van der Waals surface area contributed by atoms with Crippen molar-refractivity contribution >= 4 is 33.1 Å². The average molecular weight is 447 g/mol. The first kappa shape index (κ1) is 19.0. The molecular weight excluding hydrogens is 424 g/mol. The Balaban J connectivity index is 1.34. The normalized spacial score (nSPS) is 22.1. The third-order valence-electron chi connectivity index (χ3n) is 7.92. The molecule has 4 aromatic rings. The molecule has 0 bridgehead atoms. The summed E-state index contributed by atoms with van der Waals surface area (Å²) in [5, 5.41) is 2.38. The van der Waals surface area contributed by atoms with Gasteiger partial charge in [0.05, 0.1) is 0 Å². The van der Waals surface area contributed by atoms with Crippen molar-refractivity contribution in [3.8, 4) is 0 Å². The first-order chi connectivity index (χ1) is 17.4. The molecule has 4 aliphatic rings. The molecule has 1 heterocycles. The lowest BCUT2D eigenvalue weighted by Crippen LogP contribution is -2.30. The van der Waals surface area contributed by atoms with Gasteiger partial charge in [-0.05, 0) is 56.7 Å². The summed E-state index contributed by atoms with van der Waals surface area (Å²) in [6.45, 7) is 0. The lowest BCUT2D eigenvalue weighted by Gasteiger charge is -2.42. The minimum Gasteiger partial charge on any atom is -0.456 e. The van der Waals surface area contributed by atoms with E-state index in [-0.39, 0.29) is 0 Å². The molecule has 0 radical (unpaired) electrons. The van der Waals surface area contributed by atoms with E-state index in [0.717, 1.165) is 11.2 Å². The second-order valence-electron chi connectivity index (χ2n) is 9.67. The van der Waals surface area contributed by atoms with Crippen molar-refractivity contribution in [1.29, 1.82) is 0 Å². The molecule has 4 aliphatic carbocycles. The van der Waals surface area contributed by atoms with Gasteiger partial charge in [-0.3, -0.25) is 0 Å². The fourth-order valence-corrected chi connectivity index (χ4v) is 6.40. The summed E-state index contributed by atoms with van der Waals surface area (Å²) < 4.78 is 6.22. The Morgan fingerprint density at radius 1 is 0.571 bits per heavy atom. The van der Waals surface area contributed by atoms with E-state index in [1.54, 1.807) is 0 Å². The summed E-state index contributed by atoms with van der Waals surface area (Å²) in [5.74, 6) is 0.669. The quantitative estimate of drug-likeness (QED) is 0.300. The highest BCUT2D eigenvalue weighted by atomic mass is 16.3. The second-order valence-corrected chi connectivity index (χ2v) is 9.67. The third-order valence-corrected chi connectivity index (χ3v) is 7.92. The zero-order valence-corrected chi connectivity index (χ0v) is 19.1. The largest absolute Gasteiger partial charge is 0.456 e. The Kier molecular flexibility index (Phi) is 3.84. The number of benzene rings is 3. The van der Waals surface area contributed by atoms with Crippen LogP contribution in [-0.2, 0) is 0 Å². The van der Waals surface area contributed by atoms with Crippen LogP contribution in [0.15, 0.2) is 148 Å². The molecule has 0 fully saturated rings. The minimum absolute atomic E-state index is 0.326. The minimum atomic E-state index is 0.326. The molecule has 0 spiro atoms. The fraction of sp³-hybridized carbons (Fsp3) is 0.0588. The number of furan rings is 1. The van der Waals surface area contributed by atoms with Gasteiger partial charge < -0.3 is 4.42 Å². The molecule has 0 amide bonds. The van der Waals surface area contributed by atoms with Crippen molar-refractivity contribution in [2.45, 2.75) is 0 Å². The standard InChI is InChI=1S/C34H22O/c1-2-7-21(8-3-1)24-17-13-22-16-20-28-25(18-14-23-15-19-27(24)32(22)33(23)28)26-10-6-12-31-34(26)29-9-4-5-11-30(29)35-31/h1-20,32-33H. The van der Waals surface area contributed by atoms with Gasteiger partial charge >= 0.3 is 0 Å². The molecule has 35 heavy (non-hydrogen) atoms. The Morgan fingerprint density at radius 2 is 1.34 bits per heavy atom. The van der Waals surface area contributed by atoms with Gasteiger partial charge in [0.25, 0.3) is 0 Å². The molecule has 1 aromatic heterocycles. The molecule has 0 N–H and O–H groups in total. The van der Waals surface area contributed by atoms with Gasteiger partial charge in [0, 0.05) is 22.6 Å². The van der Waals surface area contributed by atoms with Crippen LogP contribution < -0.4 is 0 Å². The van der Waals surface area contributed by atoms with Crippen molar-refractivity contribution in [2.75, 3.05) is 0 Å². The Morgan fingerprint density at radius 3 is 2.29 bits per heavy atom. The summed E-state index contributed by atoms with van der Waals surface area (Å²) in [5.41, 5.74) is 12.7. The molecule has 1 nitrogen and oxygen atoms in total. The van der Waals surface area contributed by atoms with Crippen LogP contribution in [-0.4, -0.2) is 0 Å². The van der Waals surface area contributed by atoms with Crippen molar-refractivity contribution < 1.29 is 4.42 Å². The van der Waals surface area contributed by atoms with Crippen molar-refractivity contribution in [2.24, 2.45) is 11.8 Å². The monoisotopic (exact) mass is 446 g/mol. The SMILES string of the molecule is C1=CC2=C(c3ccccc3)C=CC3=CC=C4C(c5cccc6oc7ccccc7c56)=CC=C1C4C32. The van der Waals surface area contributed by atoms with Crippen LogP contribution in [0.4, 0.5) is 0 Å². The van der Waals surface area contributed by atoms with Gasteiger partial charge in [-0.2, -0.15) is 0 Å². The van der Waals surface area contributed by atoms with Gasteiger partial charge in [0.1, 0.15) is 11.2 Å². The van der Waals surface area contributed by atoms with E-state index in [1.807, 2.05) is 6.07 Å². The molecule has 1 heteroatoms. The highest BCUT2D eigenvalue weighted by Gasteiger charge is 2.40. The van der Waals surface area contributed by atoms with E-state index < -0.39 is 0 Å². The van der Waals surface area contributed by atoms with Crippen LogP contribution in [0, 0.1) is 11.8 Å².